The molecule has 1 rings (SSSR count). The van der Waals surface area contributed by atoms with Gasteiger partial charge in [-0.05, 0) is 18.6 Å². The molecule has 1 atom stereocenters. The van der Waals surface area contributed by atoms with Gasteiger partial charge in [-0.1, -0.05) is 30.7 Å². The fraction of sp³-hybridized carbons (Fsp3) is 0.417. The number of hydrogen-bond donors (Lipinski definition) is 1. The molecule has 0 heterocycles. The lowest BCUT2D eigenvalue weighted by Crippen LogP contribution is -2.21. The van der Waals surface area contributed by atoms with E-state index in [0.717, 1.165) is 11.3 Å². The Hall–Kier alpha value is -1.22. The molecule has 1 N–H and O–H groups in total. The summed E-state index contributed by atoms with van der Waals surface area (Å²) < 4.78 is 4.65. The Morgan fingerprint density at radius 3 is 2.81 bits per heavy atom. The van der Waals surface area contributed by atoms with Crippen molar-refractivity contribution in [1.82, 2.24) is 0 Å². The minimum absolute atomic E-state index is 0.194. The Bertz CT molecular complexity index is 359. The molecule has 0 spiro atoms. The summed E-state index contributed by atoms with van der Waals surface area (Å²) in [5, 5.41) is 3.83. The summed E-state index contributed by atoms with van der Waals surface area (Å²) in [6.07, 6.45) is 0. The van der Waals surface area contributed by atoms with E-state index in [-0.39, 0.29) is 11.9 Å². The molecule has 1 unspecified atom stereocenters. The van der Waals surface area contributed by atoms with Crippen LogP contribution in [0.1, 0.15) is 12.5 Å². The first-order chi connectivity index (χ1) is 7.56. The number of carbonyl (C=O) groups excluding carboxylic acids is 1. The van der Waals surface area contributed by atoms with Crippen LogP contribution < -0.4 is 5.32 Å². The van der Waals surface area contributed by atoms with Crippen molar-refractivity contribution in [1.29, 1.82) is 0 Å². The van der Waals surface area contributed by atoms with E-state index in [4.69, 9.17) is 11.6 Å². The van der Waals surface area contributed by atoms with Crippen LogP contribution in [-0.4, -0.2) is 19.6 Å². The van der Waals surface area contributed by atoms with Crippen LogP contribution in [0, 0.1) is 12.8 Å². The maximum atomic E-state index is 11.2. The van der Waals surface area contributed by atoms with Crippen molar-refractivity contribution in [2.75, 3.05) is 19.0 Å². The van der Waals surface area contributed by atoms with Crippen LogP contribution in [0.5, 0.6) is 0 Å². The fourth-order valence-corrected chi connectivity index (χ4v) is 1.68. The molecule has 3 nitrogen and oxygen atoms in total. The summed E-state index contributed by atoms with van der Waals surface area (Å²) in [7, 11) is 1.39. The molecule has 0 saturated carbocycles. The molecular weight excluding hydrogens is 226 g/mol. The number of carbonyl (C=O) groups is 1. The minimum Gasteiger partial charge on any atom is -0.469 e. The second-order valence-corrected chi connectivity index (χ2v) is 4.14. The van der Waals surface area contributed by atoms with Gasteiger partial charge in [-0.15, -0.1) is 0 Å². The zero-order valence-corrected chi connectivity index (χ0v) is 10.5. The van der Waals surface area contributed by atoms with Gasteiger partial charge in [0.25, 0.3) is 0 Å². The first-order valence-corrected chi connectivity index (χ1v) is 5.51. The number of nitrogens with one attached hydrogen (secondary N) is 1. The number of halogens is 1. The number of ether oxygens (including phenoxy) is 1. The van der Waals surface area contributed by atoms with Crippen LogP contribution >= 0.6 is 11.6 Å². The number of aryl methyl sites for hydroxylation is 1. The molecule has 1 aromatic carbocycles. The van der Waals surface area contributed by atoms with E-state index >= 15 is 0 Å². The minimum atomic E-state index is -0.225. The summed E-state index contributed by atoms with van der Waals surface area (Å²) >= 11 is 6.05. The third kappa shape index (κ3) is 3.14. The van der Waals surface area contributed by atoms with Crippen LogP contribution in [-0.2, 0) is 9.53 Å². The number of hydrogen-bond acceptors (Lipinski definition) is 3. The average molecular weight is 242 g/mol. The van der Waals surface area contributed by atoms with Crippen molar-refractivity contribution < 1.29 is 9.53 Å². The lowest BCUT2D eigenvalue weighted by atomic mass is 10.1. The first-order valence-electron chi connectivity index (χ1n) is 5.13. The lowest BCUT2D eigenvalue weighted by Gasteiger charge is -2.14. The Morgan fingerprint density at radius 2 is 2.25 bits per heavy atom. The Labute approximate surface area is 101 Å². The highest BCUT2D eigenvalue weighted by Crippen LogP contribution is 2.25. The van der Waals surface area contributed by atoms with E-state index < -0.39 is 0 Å². The number of methoxy groups -OCH3 is 1. The highest BCUT2D eigenvalue weighted by molar-refractivity contribution is 6.33. The first kappa shape index (κ1) is 12.8. The van der Waals surface area contributed by atoms with Gasteiger partial charge in [0.1, 0.15) is 0 Å². The van der Waals surface area contributed by atoms with Crippen LogP contribution in [0.3, 0.4) is 0 Å². The molecule has 1 aromatic rings. The van der Waals surface area contributed by atoms with Gasteiger partial charge in [0.2, 0.25) is 0 Å². The van der Waals surface area contributed by atoms with E-state index in [0.29, 0.717) is 11.6 Å². The molecule has 0 aromatic heterocycles. The van der Waals surface area contributed by atoms with E-state index in [9.17, 15) is 4.79 Å². The predicted molar refractivity (Wildman–Crippen MR) is 65.9 cm³/mol. The van der Waals surface area contributed by atoms with Crippen molar-refractivity contribution in [3.8, 4) is 0 Å². The molecule has 4 heteroatoms. The molecule has 88 valence electrons. The molecule has 16 heavy (non-hydrogen) atoms. The van der Waals surface area contributed by atoms with Crippen LogP contribution in [0.2, 0.25) is 5.02 Å². The zero-order valence-electron chi connectivity index (χ0n) is 9.71. The second-order valence-electron chi connectivity index (χ2n) is 3.74. The molecule has 0 bridgehead atoms. The second kappa shape index (κ2) is 5.75. The van der Waals surface area contributed by atoms with Crippen molar-refractivity contribution in [3.05, 3.63) is 28.8 Å². The molecule has 0 amide bonds. The highest BCUT2D eigenvalue weighted by atomic mass is 35.5. The summed E-state index contributed by atoms with van der Waals surface area (Å²) in [4.78, 5) is 11.2. The number of esters is 1. The van der Waals surface area contributed by atoms with Gasteiger partial charge < -0.3 is 10.1 Å². The van der Waals surface area contributed by atoms with Gasteiger partial charge >= 0.3 is 5.97 Å². The quantitative estimate of drug-likeness (QED) is 0.824. The number of para-hydroxylation sites is 1. The highest BCUT2D eigenvalue weighted by Gasteiger charge is 2.13. The third-order valence-corrected chi connectivity index (χ3v) is 2.73. The number of anilines is 1. The predicted octanol–water partition coefficient (Wildman–Crippen LogP) is 2.87. The van der Waals surface area contributed by atoms with Gasteiger partial charge in [-0.25, -0.2) is 0 Å². The van der Waals surface area contributed by atoms with Crippen LogP contribution in [0.4, 0.5) is 5.69 Å². The summed E-state index contributed by atoms with van der Waals surface area (Å²) in [6, 6.07) is 5.68. The standard InChI is InChI=1S/C12H16ClNO2/c1-8-5-4-6-10(13)11(8)14-7-9(2)12(15)16-3/h4-6,9,14H,7H2,1-3H3. The Kier molecular flexibility index (Phi) is 4.62. The van der Waals surface area contributed by atoms with E-state index in [1.165, 1.54) is 7.11 Å². The summed E-state index contributed by atoms with van der Waals surface area (Å²) in [5.74, 6) is -0.419. The average Bonchev–Trinajstić information content (AvgIpc) is 2.27. The molecule has 0 aliphatic rings. The van der Waals surface area contributed by atoms with Gasteiger partial charge in [0.15, 0.2) is 0 Å². The summed E-state index contributed by atoms with van der Waals surface area (Å²) in [6.45, 7) is 4.29. The van der Waals surface area contributed by atoms with Gasteiger partial charge in [-0.3, -0.25) is 4.79 Å². The smallest absolute Gasteiger partial charge is 0.310 e. The monoisotopic (exact) mass is 241 g/mol. The van der Waals surface area contributed by atoms with Crippen molar-refractivity contribution in [2.45, 2.75) is 13.8 Å². The van der Waals surface area contributed by atoms with E-state index in [2.05, 4.69) is 10.1 Å². The maximum absolute atomic E-state index is 11.2. The molecule has 0 radical (unpaired) electrons. The van der Waals surface area contributed by atoms with Crippen LogP contribution in [0.25, 0.3) is 0 Å². The molecule has 0 aliphatic heterocycles. The fourth-order valence-electron chi connectivity index (χ4n) is 1.40. The molecule has 0 fully saturated rings. The molecular formula is C12H16ClNO2. The Morgan fingerprint density at radius 1 is 1.56 bits per heavy atom. The molecule has 0 aliphatic carbocycles. The molecule has 0 saturated heterocycles. The lowest BCUT2D eigenvalue weighted by molar-refractivity contribution is -0.144. The van der Waals surface area contributed by atoms with Crippen molar-refractivity contribution in [2.24, 2.45) is 5.92 Å². The number of benzene rings is 1. The van der Waals surface area contributed by atoms with Crippen molar-refractivity contribution >= 4 is 23.3 Å². The topological polar surface area (TPSA) is 38.3 Å². The third-order valence-electron chi connectivity index (χ3n) is 2.41. The normalized spacial score (nSPS) is 12.0. The maximum Gasteiger partial charge on any atom is 0.310 e. The van der Waals surface area contributed by atoms with E-state index in [1.807, 2.05) is 32.0 Å². The van der Waals surface area contributed by atoms with Crippen molar-refractivity contribution in [3.63, 3.8) is 0 Å². The van der Waals surface area contributed by atoms with Gasteiger partial charge in [-0.2, -0.15) is 0 Å². The zero-order chi connectivity index (χ0) is 12.1. The van der Waals surface area contributed by atoms with Crippen LogP contribution in [0.15, 0.2) is 18.2 Å². The SMILES string of the molecule is COC(=O)C(C)CNc1c(C)cccc1Cl. The number of rotatable bonds is 4. The van der Waals surface area contributed by atoms with E-state index in [1.54, 1.807) is 0 Å². The Balaban J connectivity index is 2.64. The largest absolute Gasteiger partial charge is 0.469 e. The summed E-state index contributed by atoms with van der Waals surface area (Å²) in [5.41, 5.74) is 1.93. The van der Waals surface area contributed by atoms with Gasteiger partial charge in [0, 0.05) is 6.54 Å². The van der Waals surface area contributed by atoms with Gasteiger partial charge in [0.05, 0.1) is 23.7 Å².